The quantitative estimate of drug-likeness (QED) is 0.491. The third-order valence-corrected chi connectivity index (χ3v) is 7.32. The second-order valence-corrected chi connectivity index (χ2v) is 10.2. The zero-order valence-electron chi connectivity index (χ0n) is 20.5. The highest BCUT2D eigenvalue weighted by atomic mass is 35.5. The molecule has 34 heavy (non-hydrogen) atoms. The Morgan fingerprint density at radius 1 is 1.15 bits per heavy atom. The fourth-order valence-corrected chi connectivity index (χ4v) is 5.17. The Hall–Kier alpha value is -2.02. The van der Waals surface area contributed by atoms with Crippen molar-refractivity contribution in [2.45, 2.75) is 52.5 Å². The number of morpholine rings is 1. The molecular formula is C27H37ClN2O4. The zero-order valence-corrected chi connectivity index (χ0v) is 21.2. The number of hydrogen-bond acceptors (Lipinski definition) is 5. The second kappa shape index (κ2) is 11.6. The molecule has 3 heterocycles. The summed E-state index contributed by atoms with van der Waals surface area (Å²) in [6.45, 7) is 9.77. The number of hydrogen-bond donors (Lipinski definition) is 0. The van der Waals surface area contributed by atoms with Gasteiger partial charge in [0.15, 0.2) is 0 Å². The van der Waals surface area contributed by atoms with Gasteiger partial charge in [0.1, 0.15) is 17.3 Å². The monoisotopic (exact) mass is 488 g/mol. The summed E-state index contributed by atoms with van der Waals surface area (Å²) < 4.78 is 17.8. The van der Waals surface area contributed by atoms with Crippen LogP contribution in [0.15, 0.2) is 34.7 Å². The van der Waals surface area contributed by atoms with Crippen molar-refractivity contribution in [2.75, 3.05) is 46.0 Å². The average Bonchev–Trinajstić information content (AvgIpc) is 3.27. The molecule has 2 aliphatic rings. The minimum Gasteiger partial charge on any atom is -0.493 e. The first kappa shape index (κ1) is 25.1. The molecule has 2 aliphatic heterocycles. The van der Waals surface area contributed by atoms with Crippen LogP contribution >= 0.6 is 11.6 Å². The van der Waals surface area contributed by atoms with E-state index < -0.39 is 0 Å². The van der Waals surface area contributed by atoms with Crippen molar-refractivity contribution in [3.63, 3.8) is 0 Å². The van der Waals surface area contributed by atoms with Crippen molar-refractivity contribution in [3.05, 3.63) is 52.4 Å². The Morgan fingerprint density at radius 2 is 1.94 bits per heavy atom. The van der Waals surface area contributed by atoms with Crippen LogP contribution in [0.5, 0.6) is 5.75 Å². The molecule has 1 atom stereocenters. The van der Waals surface area contributed by atoms with Crippen LogP contribution in [-0.2, 0) is 22.5 Å². The van der Waals surface area contributed by atoms with Crippen LogP contribution in [0.4, 0.5) is 0 Å². The van der Waals surface area contributed by atoms with E-state index in [0.717, 1.165) is 73.2 Å². The fraction of sp³-hybridized carbons (Fsp3) is 0.593. The summed E-state index contributed by atoms with van der Waals surface area (Å²) in [7, 11) is 0. The van der Waals surface area contributed by atoms with Gasteiger partial charge in [0.25, 0.3) is 0 Å². The van der Waals surface area contributed by atoms with Gasteiger partial charge >= 0.3 is 0 Å². The molecule has 0 spiro atoms. The molecule has 2 fully saturated rings. The van der Waals surface area contributed by atoms with E-state index in [1.165, 1.54) is 0 Å². The SMILES string of the molecule is CCCc1ccc(CN2CCC[C@@](COc3ccc(Cl)c(C)c3)(CC(=O)N3CCOCC3)C2)o1. The van der Waals surface area contributed by atoms with Crippen LogP contribution in [0.3, 0.4) is 0 Å². The number of furan rings is 1. The first-order chi connectivity index (χ1) is 16.5. The molecule has 1 aromatic heterocycles. The lowest BCUT2D eigenvalue weighted by molar-refractivity contribution is -0.139. The summed E-state index contributed by atoms with van der Waals surface area (Å²) in [6.07, 6.45) is 4.51. The molecule has 0 saturated carbocycles. The molecule has 0 unspecified atom stereocenters. The summed E-state index contributed by atoms with van der Waals surface area (Å²) in [5.41, 5.74) is 0.739. The molecule has 4 rings (SSSR count). The maximum Gasteiger partial charge on any atom is 0.223 e. The smallest absolute Gasteiger partial charge is 0.223 e. The van der Waals surface area contributed by atoms with Gasteiger partial charge in [-0.2, -0.15) is 0 Å². The number of carbonyl (C=O) groups excluding carboxylic acids is 1. The predicted molar refractivity (Wildman–Crippen MR) is 133 cm³/mol. The van der Waals surface area contributed by atoms with Crippen LogP contribution in [-0.4, -0.2) is 61.7 Å². The van der Waals surface area contributed by atoms with E-state index in [2.05, 4.69) is 24.0 Å². The third-order valence-electron chi connectivity index (χ3n) is 6.90. The number of halogens is 1. The molecule has 2 saturated heterocycles. The van der Waals surface area contributed by atoms with Crippen LogP contribution in [0, 0.1) is 12.3 Å². The molecule has 0 bridgehead atoms. The third kappa shape index (κ3) is 6.55. The van der Waals surface area contributed by atoms with Crippen LogP contribution in [0.1, 0.15) is 49.7 Å². The Bertz CT molecular complexity index is 956. The number of piperidine rings is 1. The van der Waals surface area contributed by atoms with Gasteiger partial charge in [0.2, 0.25) is 5.91 Å². The molecule has 6 nitrogen and oxygen atoms in total. The molecule has 1 aromatic carbocycles. The van der Waals surface area contributed by atoms with Crippen molar-refractivity contribution in [1.29, 1.82) is 0 Å². The molecular weight excluding hydrogens is 452 g/mol. The van der Waals surface area contributed by atoms with Crippen molar-refractivity contribution >= 4 is 17.5 Å². The summed E-state index contributed by atoms with van der Waals surface area (Å²) in [5, 5.41) is 0.731. The van der Waals surface area contributed by atoms with Crippen molar-refractivity contribution < 1.29 is 18.7 Å². The van der Waals surface area contributed by atoms with E-state index in [4.69, 9.17) is 25.5 Å². The maximum absolute atomic E-state index is 13.3. The molecule has 7 heteroatoms. The normalized spacial score (nSPS) is 21.6. The van der Waals surface area contributed by atoms with Crippen LogP contribution in [0.2, 0.25) is 5.02 Å². The number of amides is 1. The van der Waals surface area contributed by atoms with E-state index in [9.17, 15) is 4.79 Å². The Morgan fingerprint density at radius 3 is 2.71 bits per heavy atom. The van der Waals surface area contributed by atoms with Gasteiger partial charge in [-0.05, 0) is 68.6 Å². The van der Waals surface area contributed by atoms with Gasteiger partial charge in [-0.25, -0.2) is 0 Å². The van der Waals surface area contributed by atoms with E-state index in [0.29, 0.717) is 39.3 Å². The van der Waals surface area contributed by atoms with E-state index in [-0.39, 0.29) is 11.3 Å². The Kier molecular flexibility index (Phi) is 8.56. The first-order valence-electron chi connectivity index (χ1n) is 12.5. The number of rotatable bonds is 9. The van der Waals surface area contributed by atoms with Gasteiger partial charge in [-0.3, -0.25) is 9.69 Å². The van der Waals surface area contributed by atoms with Gasteiger partial charge in [0, 0.05) is 42.9 Å². The number of benzene rings is 1. The van der Waals surface area contributed by atoms with Crippen LogP contribution < -0.4 is 4.74 Å². The number of likely N-dealkylation sites (tertiary alicyclic amines) is 1. The highest BCUT2D eigenvalue weighted by molar-refractivity contribution is 6.31. The lowest BCUT2D eigenvalue weighted by atomic mass is 9.77. The molecule has 0 aliphatic carbocycles. The summed E-state index contributed by atoms with van der Waals surface area (Å²) >= 11 is 6.20. The second-order valence-electron chi connectivity index (χ2n) is 9.80. The van der Waals surface area contributed by atoms with Crippen LogP contribution in [0.25, 0.3) is 0 Å². The van der Waals surface area contributed by atoms with Crippen molar-refractivity contribution in [2.24, 2.45) is 5.41 Å². The minimum absolute atomic E-state index is 0.198. The lowest BCUT2D eigenvalue weighted by Gasteiger charge is -2.43. The highest BCUT2D eigenvalue weighted by Crippen LogP contribution is 2.36. The maximum atomic E-state index is 13.3. The summed E-state index contributed by atoms with van der Waals surface area (Å²) in [5.74, 6) is 3.04. The Balaban J connectivity index is 1.47. The van der Waals surface area contributed by atoms with Gasteiger partial charge in [0.05, 0.1) is 26.4 Å². The molecule has 0 N–H and O–H groups in total. The predicted octanol–water partition coefficient (Wildman–Crippen LogP) is 5.10. The topological polar surface area (TPSA) is 55.2 Å². The van der Waals surface area contributed by atoms with E-state index in [1.807, 2.05) is 30.0 Å². The molecule has 1 amide bonds. The van der Waals surface area contributed by atoms with Crippen molar-refractivity contribution in [3.8, 4) is 5.75 Å². The van der Waals surface area contributed by atoms with E-state index in [1.54, 1.807) is 0 Å². The number of nitrogens with zero attached hydrogens (tertiary/aromatic N) is 2. The minimum atomic E-state index is -0.250. The molecule has 2 aromatic rings. The average molecular weight is 489 g/mol. The highest BCUT2D eigenvalue weighted by Gasteiger charge is 2.40. The van der Waals surface area contributed by atoms with Gasteiger partial charge < -0.3 is 18.8 Å². The largest absolute Gasteiger partial charge is 0.493 e. The van der Waals surface area contributed by atoms with E-state index >= 15 is 0 Å². The standard InChI is InChI=1S/C27H37ClN2O4/c1-3-5-22-6-7-24(34-22)18-29-11-4-10-27(19-29,17-26(31)30-12-14-32-15-13-30)20-33-23-8-9-25(28)21(2)16-23/h6-9,16H,3-5,10-15,17-20H2,1-2H3/t27-/m1/s1. The lowest BCUT2D eigenvalue weighted by Crippen LogP contribution is -2.50. The van der Waals surface area contributed by atoms with Gasteiger partial charge in [-0.1, -0.05) is 18.5 Å². The molecule has 186 valence electrons. The van der Waals surface area contributed by atoms with Gasteiger partial charge in [-0.15, -0.1) is 0 Å². The number of ether oxygens (including phenoxy) is 2. The zero-order chi connectivity index (χ0) is 24.0. The number of aryl methyl sites for hydroxylation is 2. The van der Waals surface area contributed by atoms with Crippen molar-refractivity contribution in [1.82, 2.24) is 9.80 Å². The number of carbonyl (C=O) groups is 1. The fourth-order valence-electron chi connectivity index (χ4n) is 5.06. The first-order valence-corrected chi connectivity index (χ1v) is 12.9. The Labute approximate surface area is 208 Å². The summed E-state index contributed by atoms with van der Waals surface area (Å²) in [4.78, 5) is 17.6. The summed E-state index contributed by atoms with van der Waals surface area (Å²) in [6, 6.07) is 9.93. The molecule has 0 radical (unpaired) electrons.